The van der Waals surface area contributed by atoms with Crippen molar-refractivity contribution in [2.45, 2.75) is 20.4 Å². The summed E-state index contributed by atoms with van der Waals surface area (Å²) in [5, 5.41) is 6.32. The van der Waals surface area contributed by atoms with Gasteiger partial charge in [-0.1, -0.05) is 37.6 Å². The first-order valence-electron chi connectivity index (χ1n) is 8.31. The van der Waals surface area contributed by atoms with Gasteiger partial charge < -0.3 is 5.32 Å². The van der Waals surface area contributed by atoms with Crippen molar-refractivity contribution < 1.29 is 4.79 Å². The molecule has 26 heavy (non-hydrogen) atoms. The number of hydrogen-bond donors (Lipinski definition) is 2. The Balaban J connectivity index is 1.95. The molecule has 2 aromatic rings. The second-order valence-corrected chi connectivity index (χ2v) is 7.75. The zero-order valence-corrected chi connectivity index (χ0v) is 18.4. The van der Waals surface area contributed by atoms with Gasteiger partial charge in [0, 0.05) is 15.8 Å². The van der Waals surface area contributed by atoms with Gasteiger partial charge in [0.2, 0.25) is 0 Å². The maximum Gasteiger partial charge on any atom is 0.258 e. The van der Waals surface area contributed by atoms with E-state index < -0.39 is 0 Å². The highest BCUT2D eigenvalue weighted by atomic mass is 127. The average Bonchev–Trinajstić information content (AvgIpc) is 2.62. The fraction of sp³-hybridized carbons (Fsp3) is 0.263. The average molecular weight is 502 g/mol. The summed E-state index contributed by atoms with van der Waals surface area (Å²) in [7, 11) is 0. The number of rotatable bonds is 6. The van der Waals surface area contributed by atoms with Gasteiger partial charge in [-0.3, -0.25) is 15.0 Å². The number of amides is 1. The molecule has 1 amide bonds. The maximum atomic E-state index is 12.3. The monoisotopic (exact) mass is 501 g/mol. The number of halogens is 2. The number of nitrogens with one attached hydrogen (secondary N) is 2. The minimum atomic E-state index is -0.329. The van der Waals surface area contributed by atoms with Crippen molar-refractivity contribution in [3.63, 3.8) is 0 Å². The molecule has 2 aromatic carbocycles. The number of benzene rings is 2. The van der Waals surface area contributed by atoms with Crippen LogP contribution in [0.25, 0.3) is 0 Å². The van der Waals surface area contributed by atoms with Gasteiger partial charge in [-0.15, -0.1) is 0 Å². The fourth-order valence-electron chi connectivity index (χ4n) is 2.40. The van der Waals surface area contributed by atoms with Gasteiger partial charge in [0.25, 0.3) is 5.91 Å². The van der Waals surface area contributed by atoms with E-state index in [-0.39, 0.29) is 11.0 Å². The van der Waals surface area contributed by atoms with Gasteiger partial charge in [0.05, 0.1) is 10.6 Å². The third-order valence-corrected chi connectivity index (χ3v) is 5.12. The number of carbonyl (C=O) groups is 1. The molecular weight excluding hydrogens is 481 g/mol. The molecule has 0 saturated carbocycles. The molecule has 0 unspecified atom stereocenters. The highest BCUT2D eigenvalue weighted by molar-refractivity contribution is 14.1. The lowest BCUT2D eigenvalue weighted by molar-refractivity contribution is 0.0978. The van der Waals surface area contributed by atoms with Crippen molar-refractivity contribution in [1.29, 1.82) is 0 Å². The first-order valence-corrected chi connectivity index (χ1v) is 10.2. The van der Waals surface area contributed by atoms with Gasteiger partial charge in [0.1, 0.15) is 0 Å². The Morgan fingerprint density at radius 1 is 1.15 bits per heavy atom. The number of thiocarbonyl (C=S) groups is 1. The van der Waals surface area contributed by atoms with E-state index in [1.165, 1.54) is 5.56 Å². The zero-order valence-electron chi connectivity index (χ0n) is 14.7. The van der Waals surface area contributed by atoms with Crippen molar-refractivity contribution in [1.82, 2.24) is 10.2 Å². The van der Waals surface area contributed by atoms with Gasteiger partial charge in [-0.2, -0.15) is 0 Å². The number of carbonyl (C=O) groups excluding carboxylic acids is 1. The van der Waals surface area contributed by atoms with E-state index >= 15 is 0 Å². The molecule has 0 atom stereocenters. The van der Waals surface area contributed by atoms with E-state index in [2.05, 4.69) is 64.1 Å². The minimum Gasteiger partial charge on any atom is -0.332 e. The summed E-state index contributed by atoms with van der Waals surface area (Å²) in [6.45, 7) is 7.27. The smallest absolute Gasteiger partial charge is 0.258 e. The molecule has 0 spiro atoms. The second kappa shape index (κ2) is 10.2. The van der Waals surface area contributed by atoms with Gasteiger partial charge >= 0.3 is 0 Å². The topological polar surface area (TPSA) is 44.4 Å². The summed E-state index contributed by atoms with van der Waals surface area (Å²) in [5.41, 5.74) is 2.46. The lowest BCUT2D eigenvalue weighted by Gasteiger charge is -2.18. The Hall–Kier alpha value is -1.22. The van der Waals surface area contributed by atoms with Crippen LogP contribution in [0.5, 0.6) is 0 Å². The van der Waals surface area contributed by atoms with E-state index in [0.717, 1.165) is 28.9 Å². The van der Waals surface area contributed by atoms with E-state index in [0.29, 0.717) is 10.6 Å². The largest absolute Gasteiger partial charge is 0.332 e. The molecule has 0 aliphatic carbocycles. The summed E-state index contributed by atoms with van der Waals surface area (Å²) in [5.74, 6) is -0.329. The van der Waals surface area contributed by atoms with E-state index in [9.17, 15) is 4.79 Å². The van der Waals surface area contributed by atoms with Crippen LogP contribution >= 0.6 is 46.4 Å². The highest BCUT2D eigenvalue weighted by Crippen LogP contribution is 2.19. The Labute approximate surface area is 178 Å². The van der Waals surface area contributed by atoms with Crippen molar-refractivity contribution in [3.8, 4) is 0 Å². The molecular formula is C19H21ClIN3OS. The summed E-state index contributed by atoms with van der Waals surface area (Å²) >= 11 is 13.5. The quantitative estimate of drug-likeness (QED) is 0.436. The van der Waals surface area contributed by atoms with Gasteiger partial charge in [-0.25, -0.2) is 0 Å². The molecule has 7 heteroatoms. The summed E-state index contributed by atoms with van der Waals surface area (Å²) in [6, 6.07) is 13.3. The molecule has 0 aliphatic heterocycles. The van der Waals surface area contributed by atoms with Crippen LogP contribution in [0.1, 0.15) is 29.8 Å². The molecule has 0 saturated heterocycles. The lowest BCUT2D eigenvalue weighted by atomic mass is 10.2. The molecule has 4 nitrogen and oxygen atoms in total. The Kier molecular flexibility index (Phi) is 8.27. The Morgan fingerprint density at radius 3 is 2.42 bits per heavy atom. The van der Waals surface area contributed by atoms with Crippen LogP contribution in [0, 0.1) is 3.57 Å². The van der Waals surface area contributed by atoms with Crippen molar-refractivity contribution in [2.24, 2.45) is 0 Å². The van der Waals surface area contributed by atoms with Crippen LogP contribution in [-0.4, -0.2) is 29.0 Å². The predicted octanol–water partition coefficient (Wildman–Crippen LogP) is 4.91. The first kappa shape index (κ1) is 21.1. The maximum absolute atomic E-state index is 12.3. The van der Waals surface area contributed by atoms with Crippen molar-refractivity contribution in [2.75, 3.05) is 18.4 Å². The molecule has 0 aliphatic rings. The zero-order chi connectivity index (χ0) is 19.1. The molecule has 0 bridgehead atoms. The summed E-state index contributed by atoms with van der Waals surface area (Å²) < 4.78 is 0.930. The number of anilines is 1. The molecule has 2 N–H and O–H groups in total. The highest BCUT2D eigenvalue weighted by Gasteiger charge is 2.12. The summed E-state index contributed by atoms with van der Waals surface area (Å²) in [4.78, 5) is 14.7. The standard InChI is InChI=1S/C19H21ClIN3OS/c1-3-24(4-2)12-13-5-8-15(9-6-13)22-19(26)23-18(25)16-11-14(21)7-10-17(16)20/h5-11H,3-4,12H2,1-2H3,(H2,22,23,25,26). The van der Waals surface area contributed by atoms with Gasteiger partial charge in [-0.05, 0) is 83.8 Å². The Morgan fingerprint density at radius 2 is 1.81 bits per heavy atom. The third kappa shape index (κ3) is 6.19. The van der Waals surface area contributed by atoms with Crippen LogP contribution in [0.3, 0.4) is 0 Å². The van der Waals surface area contributed by atoms with Crippen LogP contribution in [0.15, 0.2) is 42.5 Å². The number of hydrogen-bond acceptors (Lipinski definition) is 3. The van der Waals surface area contributed by atoms with E-state index in [4.69, 9.17) is 23.8 Å². The normalized spacial score (nSPS) is 10.7. The van der Waals surface area contributed by atoms with Crippen LogP contribution < -0.4 is 10.6 Å². The molecule has 138 valence electrons. The van der Waals surface area contributed by atoms with Crippen LogP contribution in [0.4, 0.5) is 5.69 Å². The minimum absolute atomic E-state index is 0.237. The fourth-order valence-corrected chi connectivity index (χ4v) is 3.31. The predicted molar refractivity (Wildman–Crippen MR) is 121 cm³/mol. The molecule has 0 aromatic heterocycles. The van der Waals surface area contributed by atoms with Crippen molar-refractivity contribution >= 4 is 63.1 Å². The van der Waals surface area contributed by atoms with Gasteiger partial charge in [0.15, 0.2) is 5.11 Å². The van der Waals surface area contributed by atoms with Crippen molar-refractivity contribution in [3.05, 3.63) is 62.2 Å². The molecule has 0 heterocycles. The summed E-state index contributed by atoms with van der Waals surface area (Å²) in [6.07, 6.45) is 0. The molecule has 2 rings (SSSR count). The van der Waals surface area contributed by atoms with Crippen LogP contribution in [-0.2, 0) is 6.54 Å². The molecule has 0 radical (unpaired) electrons. The van der Waals surface area contributed by atoms with E-state index in [1.54, 1.807) is 12.1 Å². The molecule has 0 fully saturated rings. The van der Waals surface area contributed by atoms with Crippen LogP contribution in [0.2, 0.25) is 5.02 Å². The lowest BCUT2D eigenvalue weighted by Crippen LogP contribution is -2.34. The SMILES string of the molecule is CCN(CC)Cc1ccc(NC(=S)NC(=O)c2cc(I)ccc2Cl)cc1. The Bertz CT molecular complexity index is 779. The van der Waals surface area contributed by atoms with E-state index in [1.807, 2.05) is 18.2 Å². The second-order valence-electron chi connectivity index (χ2n) is 5.69. The first-order chi connectivity index (χ1) is 12.4. The number of nitrogens with zero attached hydrogens (tertiary/aromatic N) is 1. The third-order valence-electron chi connectivity index (χ3n) is 3.91.